The lowest BCUT2D eigenvalue weighted by Gasteiger charge is -2.07. The first-order valence-corrected chi connectivity index (χ1v) is 7.91. The monoisotopic (exact) mass is 316 g/mol. The normalized spacial score (nSPS) is 19.6. The van der Waals surface area contributed by atoms with Crippen molar-refractivity contribution in [2.75, 3.05) is 19.8 Å². The molecule has 1 heterocycles. The number of esters is 1. The summed E-state index contributed by atoms with van der Waals surface area (Å²) >= 11 is 0. The summed E-state index contributed by atoms with van der Waals surface area (Å²) in [4.78, 5) is 31.1. The Morgan fingerprint density at radius 3 is 2.14 bits per heavy atom. The summed E-state index contributed by atoms with van der Waals surface area (Å²) in [5.74, 6) is -0.205. The van der Waals surface area contributed by atoms with E-state index in [1.807, 2.05) is 0 Å². The summed E-state index contributed by atoms with van der Waals surface area (Å²) < 4.78 is 5.08. The van der Waals surface area contributed by atoms with E-state index in [-0.39, 0.29) is 24.9 Å². The Morgan fingerprint density at radius 2 is 1.50 bits per heavy atom. The van der Waals surface area contributed by atoms with Crippen LogP contribution < -0.4 is 10.6 Å². The van der Waals surface area contributed by atoms with Gasteiger partial charge in [0.05, 0.1) is 19.8 Å². The zero-order valence-electron chi connectivity index (χ0n) is 13.1. The first-order chi connectivity index (χ1) is 10.7. The molecule has 128 valence electrons. The van der Waals surface area contributed by atoms with Gasteiger partial charge in [-0.3, -0.25) is 19.7 Å². The molecule has 1 aliphatic heterocycles. The molecule has 0 saturated carbocycles. The molecule has 0 radical (unpaired) electrons. The number of carboxylic acid groups (broad SMARTS) is 1. The maximum Gasteiger partial charge on any atom is 0.319 e. The van der Waals surface area contributed by atoms with Crippen molar-refractivity contribution in [2.24, 2.45) is 0 Å². The van der Waals surface area contributed by atoms with E-state index >= 15 is 0 Å². The van der Waals surface area contributed by atoms with Crippen molar-refractivity contribution in [3.63, 3.8) is 0 Å². The minimum absolute atomic E-state index is 0.0465. The fraction of sp³-hybridized carbons (Fsp3) is 0.800. The van der Waals surface area contributed by atoms with Crippen LogP contribution in [-0.4, -0.2) is 43.3 Å². The van der Waals surface area contributed by atoms with Gasteiger partial charge in [0, 0.05) is 6.42 Å². The second-order valence-electron chi connectivity index (χ2n) is 5.11. The zero-order chi connectivity index (χ0) is 16.5. The molecule has 0 aliphatic carbocycles. The molecule has 0 spiro atoms. The predicted octanol–water partition coefficient (Wildman–Crippen LogP) is 1.42. The molecule has 0 aromatic rings. The highest BCUT2D eigenvalue weighted by atomic mass is 16.5. The number of ether oxygens (including phenoxy) is 1. The maximum atomic E-state index is 11.4. The zero-order valence-corrected chi connectivity index (χ0v) is 13.1. The Labute approximate surface area is 131 Å². The van der Waals surface area contributed by atoms with E-state index in [2.05, 4.69) is 10.6 Å². The van der Waals surface area contributed by atoms with Crippen LogP contribution >= 0.6 is 0 Å². The molecule has 22 heavy (non-hydrogen) atoms. The topological polar surface area (TPSA) is 105 Å². The van der Waals surface area contributed by atoms with E-state index in [0.29, 0.717) is 19.7 Å². The van der Waals surface area contributed by atoms with Gasteiger partial charge in [-0.15, -0.1) is 0 Å². The summed E-state index contributed by atoms with van der Waals surface area (Å²) in [5.41, 5.74) is 0. The van der Waals surface area contributed by atoms with Crippen LogP contribution in [-0.2, 0) is 19.1 Å². The highest BCUT2D eigenvalue weighted by Crippen LogP contribution is 2.09. The third-order valence-corrected chi connectivity index (χ3v) is 3.24. The largest absolute Gasteiger partial charge is 0.483 e. The van der Waals surface area contributed by atoms with Crippen LogP contribution in [0.4, 0.5) is 0 Å². The predicted molar refractivity (Wildman–Crippen MR) is 82.2 cm³/mol. The number of carbonyl (C=O) groups is 3. The Morgan fingerprint density at radius 1 is 0.955 bits per heavy atom. The number of rotatable bonds is 0. The summed E-state index contributed by atoms with van der Waals surface area (Å²) in [6.07, 6.45) is 9.62. The molecule has 1 amide bonds. The van der Waals surface area contributed by atoms with Crippen LogP contribution in [0, 0.1) is 0 Å². The second-order valence-corrected chi connectivity index (χ2v) is 5.11. The quantitative estimate of drug-likeness (QED) is 0.461. The van der Waals surface area contributed by atoms with Crippen LogP contribution in [0.3, 0.4) is 0 Å². The average Bonchev–Trinajstić information content (AvgIpc) is 2.49. The highest BCUT2D eigenvalue weighted by Gasteiger charge is 2.04. The maximum absolute atomic E-state index is 11.4. The molecule has 1 aliphatic rings. The van der Waals surface area contributed by atoms with Gasteiger partial charge < -0.3 is 15.2 Å². The van der Waals surface area contributed by atoms with Crippen LogP contribution in [0.15, 0.2) is 0 Å². The molecule has 7 nitrogen and oxygen atoms in total. The Kier molecular flexibility index (Phi) is 14.6. The van der Waals surface area contributed by atoms with Gasteiger partial charge in [-0.1, -0.05) is 38.5 Å². The third kappa shape index (κ3) is 14.8. The van der Waals surface area contributed by atoms with Crippen molar-refractivity contribution >= 4 is 18.3 Å². The summed E-state index contributed by atoms with van der Waals surface area (Å²) in [5, 5.41) is 12.5. The minimum Gasteiger partial charge on any atom is -0.483 e. The van der Waals surface area contributed by atoms with Gasteiger partial charge in [-0.05, 0) is 12.8 Å². The Hall–Kier alpha value is -1.63. The van der Waals surface area contributed by atoms with Crippen molar-refractivity contribution in [2.45, 2.75) is 57.8 Å². The smallest absolute Gasteiger partial charge is 0.319 e. The van der Waals surface area contributed by atoms with E-state index in [1.54, 1.807) is 0 Å². The first-order valence-electron chi connectivity index (χ1n) is 7.91. The summed E-state index contributed by atoms with van der Waals surface area (Å²) in [7, 11) is 0. The molecule has 3 N–H and O–H groups in total. The molecule has 0 aromatic carbocycles. The van der Waals surface area contributed by atoms with Crippen LogP contribution in [0.25, 0.3) is 0 Å². The SMILES string of the molecule is O=C1CCCCCCCCCCOC(=O)CNCN1.O=CO. The van der Waals surface area contributed by atoms with Crippen molar-refractivity contribution in [1.29, 1.82) is 0 Å². The van der Waals surface area contributed by atoms with Gasteiger partial charge in [0.1, 0.15) is 0 Å². The lowest BCUT2D eigenvalue weighted by Crippen LogP contribution is -2.36. The summed E-state index contributed by atoms with van der Waals surface area (Å²) in [6.45, 7) is 0.737. The lowest BCUT2D eigenvalue weighted by atomic mass is 10.1. The Bertz CT molecular complexity index is 284. The molecular formula is C15H28N2O5. The molecule has 0 atom stereocenters. The first kappa shape index (κ1) is 20.4. The summed E-state index contributed by atoms with van der Waals surface area (Å²) in [6, 6.07) is 0. The number of amides is 1. The van der Waals surface area contributed by atoms with E-state index < -0.39 is 0 Å². The standard InChI is InChI=1S/C14H26N2O3.CH2O2/c17-13-9-7-5-3-1-2-4-6-8-10-19-14(18)11-15-12-16-13;2-1-3/h15H,1-12H2,(H,16,17);1H,(H,2,3). The molecule has 0 bridgehead atoms. The van der Waals surface area contributed by atoms with Crippen molar-refractivity contribution in [1.82, 2.24) is 10.6 Å². The van der Waals surface area contributed by atoms with E-state index in [4.69, 9.17) is 14.6 Å². The van der Waals surface area contributed by atoms with Crippen molar-refractivity contribution < 1.29 is 24.2 Å². The van der Waals surface area contributed by atoms with Gasteiger partial charge in [0.25, 0.3) is 6.47 Å². The molecule has 1 saturated heterocycles. The highest BCUT2D eigenvalue weighted by molar-refractivity contribution is 5.76. The molecule has 7 heteroatoms. The molecular weight excluding hydrogens is 288 g/mol. The number of carbonyl (C=O) groups excluding carboxylic acids is 2. The van der Waals surface area contributed by atoms with Crippen molar-refractivity contribution in [3.8, 4) is 0 Å². The fourth-order valence-corrected chi connectivity index (χ4v) is 2.10. The van der Waals surface area contributed by atoms with Crippen LogP contribution in [0.1, 0.15) is 57.8 Å². The third-order valence-electron chi connectivity index (χ3n) is 3.24. The van der Waals surface area contributed by atoms with Gasteiger partial charge in [0.15, 0.2) is 0 Å². The van der Waals surface area contributed by atoms with Gasteiger partial charge in [0.2, 0.25) is 5.91 Å². The van der Waals surface area contributed by atoms with Gasteiger partial charge in [-0.25, -0.2) is 0 Å². The second kappa shape index (κ2) is 15.8. The Balaban J connectivity index is 0.00000135. The number of cyclic esters (lactones) is 1. The minimum atomic E-state index is -0.251. The molecule has 1 rings (SSSR count). The van der Waals surface area contributed by atoms with E-state index in [1.165, 1.54) is 25.7 Å². The number of nitrogens with one attached hydrogen (secondary N) is 2. The average molecular weight is 316 g/mol. The van der Waals surface area contributed by atoms with Crippen LogP contribution in [0.5, 0.6) is 0 Å². The van der Waals surface area contributed by atoms with Gasteiger partial charge >= 0.3 is 5.97 Å². The number of hydrogen-bond donors (Lipinski definition) is 3. The lowest BCUT2D eigenvalue weighted by molar-refractivity contribution is -0.142. The number of hydrogen-bond acceptors (Lipinski definition) is 5. The fourth-order valence-electron chi connectivity index (χ4n) is 2.10. The molecule has 1 fully saturated rings. The van der Waals surface area contributed by atoms with Gasteiger partial charge in [-0.2, -0.15) is 0 Å². The van der Waals surface area contributed by atoms with E-state index in [9.17, 15) is 9.59 Å². The molecule has 0 aromatic heterocycles. The molecule has 0 unspecified atom stereocenters. The van der Waals surface area contributed by atoms with E-state index in [0.717, 1.165) is 25.7 Å². The van der Waals surface area contributed by atoms with Crippen molar-refractivity contribution in [3.05, 3.63) is 0 Å². The van der Waals surface area contributed by atoms with Crippen LogP contribution in [0.2, 0.25) is 0 Å².